The summed E-state index contributed by atoms with van der Waals surface area (Å²) in [7, 11) is 0. The molecule has 0 saturated carbocycles. The zero-order valence-electron chi connectivity index (χ0n) is 16.7. The average Bonchev–Trinajstić information content (AvgIpc) is 3.20. The predicted molar refractivity (Wildman–Crippen MR) is 119 cm³/mol. The van der Waals surface area contributed by atoms with Gasteiger partial charge in [0, 0.05) is 16.9 Å². The molecule has 0 saturated heterocycles. The smallest absolute Gasteiger partial charge is 0.323 e. The van der Waals surface area contributed by atoms with E-state index in [4.69, 9.17) is 9.15 Å². The van der Waals surface area contributed by atoms with Gasteiger partial charge in [0.15, 0.2) is 5.58 Å². The molecule has 0 bridgehead atoms. The fourth-order valence-electron chi connectivity index (χ4n) is 2.99. The van der Waals surface area contributed by atoms with E-state index in [2.05, 4.69) is 22.5 Å². The number of anilines is 2. The van der Waals surface area contributed by atoms with Crippen molar-refractivity contribution in [2.24, 2.45) is 0 Å². The zero-order valence-corrected chi connectivity index (χ0v) is 16.7. The first-order valence-electron chi connectivity index (χ1n) is 9.98. The quantitative estimate of drug-likeness (QED) is 0.355. The number of amides is 2. The van der Waals surface area contributed by atoms with Crippen molar-refractivity contribution < 1.29 is 13.9 Å². The maximum Gasteiger partial charge on any atom is 0.323 e. The summed E-state index contributed by atoms with van der Waals surface area (Å²) in [5.74, 6) is 1.30. The van der Waals surface area contributed by atoms with Gasteiger partial charge in [-0.2, -0.15) is 0 Å². The van der Waals surface area contributed by atoms with Gasteiger partial charge in [0.2, 0.25) is 5.89 Å². The molecular formula is C24H23N3O3. The largest absolute Gasteiger partial charge is 0.494 e. The summed E-state index contributed by atoms with van der Waals surface area (Å²) in [6, 6.07) is 22.0. The van der Waals surface area contributed by atoms with Gasteiger partial charge in [0.05, 0.1) is 6.61 Å². The van der Waals surface area contributed by atoms with E-state index in [1.165, 1.54) is 0 Å². The number of carbonyl (C=O) groups is 1. The van der Waals surface area contributed by atoms with Crippen LogP contribution in [0.4, 0.5) is 16.2 Å². The minimum atomic E-state index is -0.329. The minimum Gasteiger partial charge on any atom is -0.494 e. The second kappa shape index (κ2) is 9.13. The molecule has 1 heterocycles. The van der Waals surface area contributed by atoms with Crippen LogP contribution in [0.25, 0.3) is 22.6 Å². The van der Waals surface area contributed by atoms with E-state index in [1.807, 2.05) is 72.8 Å². The molecule has 0 radical (unpaired) electrons. The number of fused-ring (bicyclic) bond motifs is 1. The molecule has 0 aliphatic carbocycles. The Bertz CT molecular complexity index is 1100. The normalized spacial score (nSPS) is 10.7. The summed E-state index contributed by atoms with van der Waals surface area (Å²) in [6.07, 6.45) is 2.11. The highest BCUT2D eigenvalue weighted by Gasteiger charge is 2.09. The number of aromatic nitrogens is 1. The monoisotopic (exact) mass is 401 g/mol. The molecule has 4 rings (SSSR count). The van der Waals surface area contributed by atoms with Crippen molar-refractivity contribution >= 4 is 28.5 Å². The fourth-order valence-corrected chi connectivity index (χ4v) is 2.99. The number of rotatable bonds is 7. The summed E-state index contributed by atoms with van der Waals surface area (Å²) in [5.41, 5.74) is 3.64. The maximum absolute atomic E-state index is 12.4. The Hall–Kier alpha value is -3.80. The molecule has 0 unspecified atom stereocenters. The van der Waals surface area contributed by atoms with Gasteiger partial charge in [0.1, 0.15) is 11.3 Å². The molecular weight excluding hydrogens is 378 g/mol. The molecule has 0 spiro atoms. The van der Waals surface area contributed by atoms with Crippen LogP contribution in [-0.2, 0) is 0 Å². The van der Waals surface area contributed by atoms with E-state index >= 15 is 0 Å². The lowest BCUT2D eigenvalue weighted by Gasteiger charge is -2.10. The van der Waals surface area contributed by atoms with Crippen LogP contribution in [0.3, 0.4) is 0 Å². The molecule has 6 nitrogen and oxygen atoms in total. The lowest BCUT2D eigenvalue weighted by molar-refractivity contribution is 0.262. The van der Waals surface area contributed by atoms with Crippen molar-refractivity contribution in [2.45, 2.75) is 19.8 Å². The molecule has 0 fully saturated rings. The third-order valence-corrected chi connectivity index (χ3v) is 4.54. The molecule has 2 N–H and O–H groups in total. The number of para-hydroxylation sites is 2. The van der Waals surface area contributed by atoms with Gasteiger partial charge >= 0.3 is 6.03 Å². The van der Waals surface area contributed by atoms with Crippen LogP contribution < -0.4 is 15.4 Å². The van der Waals surface area contributed by atoms with E-state index in [9.17, 15) is 4.79 Å². The maximum atomic E-state index is 12.4. The van der Waals surface area contributed by atoms with Crippen LogP contribution in [0.15, 0.2) is 77.2 Å². The van der Waals surface area contributed by atoms with Crippen LogP contribution in [0.5, 0.6) is 5.75 Å². The highest BCUT2D eigenvalue weighted by molar-refractivity contribution is 6.00. The third kappa shape index (κ3) is 4.78. The van der Waals surface area contributed by atoms with Gasteiger partial charge in [-0.15, -0.1) is 0 Å². The minimum absolute atomic E-state index is 0.329. The molecule has 4 aromatic rings. The number of nitrogens with zero attached hydrogens (tertiary/aromatic N) is 1. The van der Waals surface area contributed by atoms with Crippen LogP contribution in [0, 0.1) is 0 Å². The van der Waals surface area contributed by atoms with E-state index in [0.717, 1.165) is 35.3 Å². The third-order valence-electron chi connectivity index (χ3n) is 4.54. The van der Waals surface area contributed by atoms with Crippen LogP contribution in [0.2, 0.25) is 0 Å². The SMILES string of the molecule is CCCCOc1ccc(NC(=O)Nc2cccc(-c3nc4ccccc4o3)c2)cc1. The summed E-state index contributed by atoms with van der Waals surface area (Å²) >= 11 is 0. The van der Waals surface area contributed by atoms with E-state index in [1.54, 1.807) is 0 Å². The van der Waals surface area contributed by atoms with E-state index in [-0.39, 0.29) is 6.03 Å². The Morgan fingerprint density at radius 2 is 1.77 bits per heavy atom. The zero-order chi connectivity index (χ0) is 20.8. The topological polar surface area (TPSA) is 76.4 Å². The standard InChI is InChI=1S/C24H23N3O3/c1-2-3-15-29-20-13-11-18(12-14-20)25-24(28)26-19-8-6-7-17(16-19)23-27-21-9-4-5-10-22(21)30-23/h4-14,16H,2-3,15H2,1H3,(H2,25,26,28). The van der Waals surface area contributed by atoms with E-state index in [0.29, 0.717) is 23.9 Å². The van der Waals surface area contributed by atoms with Crippen LogP contribution in [-0.4, -0.2) is 17.6 Å². The van der Waals surface area contributed by atoms with Crippen molar-refractivity contribution in [2.75, 3.05) is 17.2 Å². The number of ether oxygens (including phenoxy) is 1. The molecule has 3 aromatic carbocycles. The number of hydrogen-bond donors (Lipinski definition) is 2. The van der Waals surface area contributed by atoms with Gasteiger partial charge in [-0.3, -0.25) is 0 Å². The van der Waals surface area contributed by atoms with Crippen molar-refractivity contribution in [1.82, 2.24) is 4.98 Å². The molecule has 0 aliphatic heterocycles. The van der Waals surface area contributed by atoms with Gasteiger partial charge < -0.3 is 19.8 Å². The Labute approximate surface area is 174 Å². The van der Waals surface area contributed by atoms with Crippen LogP contribution >= 0.6 is 0 Å². The first kappa shape index (κ1) is 19.5. The summed E-state index contributed by atoms with van der Waals surface area (Å²) in [5, 5.41) is 5.66. The number of urea groups is 1. The number of carbonyl (C=O) groups excluding carboxylic acids is 1. The fraction of sp³-hybridized carbons (Fsp3) is 0.167. The van der Waals surface area contributed by atoms with Crippen LogP contribution in [0.1, 0.15) is 19.8 Å². The summed E-state index contributed by atoms with van der Waals surface area (Å²) in [6.45, 7) is 2.82. The second-order valence-corrected chi connectivity index (χ2v) is 6.87. The Morgan fingerprint density at radius 1 is 0.967 bits per heavy atom. The van der Waals surface area contributed by atoms with Crippen molar-refractivity contribution in [3.8, 4) is 17.2 Å². The van der Waals surface area contributed by atoms with Gasteiger partial charge in [-0.1, -0.05) is 31.5 Å². The predicted octanol–water partition coefficient (Wildman–Crippen LogP) is 6.32. The Balaban J connectivity index is 1.39. The highest BCUT2D eigenvalue weighted by atomic mass is 16.5. The van der Waals surface area contributed by atoms with Gasteiger partial charge in [0.25, 0.3) is 0 Å². The number of nitrogens with one attached hydrogen (secondary N) is 2. The van der Waals surface area contributed by atoms with Crippen molar-refractivity contribution in [1.29, 1.82) is 0 Å². The Kier molecular flexibility index (Phi) is 5.94. The first-order valence-corrected chi connectivity index (χ1v) is 9.98. The number of benzene rings is 3. The molecule has 30 heavy (non-hydrogen) atoms. The van der Waals surface area contributed by atoms with E-state index < -0.39 is 0 Å². The lowest BCUT2D eigenvalue weighted by Crippen LogP contribution is -2.19. The summed E-state index contributed by atoms with van der Waals surface area (Å²) < 4.78 is 11.4. The molecule has 1 aromatic heterocycles. The molecule has 152 valence electrons. The molecule has 2 amide bonds. The molecule has 6 heteroatoms. The number of unbranched alkanes of at least 4 members (excludes halogenated alkanes) is 1. The van der Waals surface area contributed by atoms with Crippen molar-refractivity contribution in [3.63, 3.8) is 0 Å². The lowest BCUT2D eigenvalue weighted by atomic mass is 10.2. The Morgan fingerprint density at radius 3 is 2.57 bits per heavy atom. The second-order valence-electron chi connectivity index (χ2n) is 6.87. The van der Waals surface area contributed by atoms with Gasteiger partial charge in [-0.05, 0) is 61.0 Å². The average molecular weight is 401 g/mol. The number of hydrogen-bond acceptors (Lipinski definition) is 4. The van der Waals surface area contributed by atoms with Crippen molar-refractivity contribution in [3.05, 3.63) is 72.8 Å². The molecule has 0 aliphatic rings. The number of oxazole rings is 1. The molecule has 0 atom stereocenters. The van der Waals surface area contributed by atoms with Gasteiger partial charge in [-0.25, -0.2) is 9.78 Å². The highest BCUT2D eigenvalue weighted by Crippen LogP contribution is 2.26. The summed E-state index contributed by atoms with van der Waals surface area (Å²) in [4.78, 5) is 16.9. The first-order chi connectivity index (χ1) is 14.7.